The van der Waals surface area contributed by atoms with Gasteiger partial charge in [-0.25, -0.2) is 0 Å². The van der Waals surface area contributed by atoms with Gasteiger partial charge in [0.1, 0.15) is 0 Å². The van der Waals surface area contributed by atoms with Crippen molar-refractivity contribution in [3.05, 3.63) is 0 Å². The molecular weight excluding hydrogens is 841 g/mol. The van der Waals surface area contributed by atoms with Crippen molar-refractivity contribution in [3.63, 3.8) is 0 Å². The van der Waals surface area contributed by atoms with Crippen molar-refractivity contribution < 1.29 is 0 Å². The van der Waals surface area contributed by atoms with Crippen LogP contribution in [0.25, 0.3) is 0 Å². The zero-order valence-electron chi connectivity index (χ0n) is 56.7. The van der Waals surface area contributed by atoms with Gasteiger partial charge in [0, 0.05) is 0 Å². The molecule has 0 heteroatoms. The first kappa shape index (κ1) is 84.0. The molecule has 0 spiro atoms. The van der Waals surface area contributed by atoms with Crippen LogP contribution >= 0.6 is 0 Å². The standard InChI is InChI=1S/3C7H14.7C7H16/c1-6-3-4-7(2)5-6;1-6-4-3-5-7(6)2;1-7-5-3-2-4-6-7;1-6(2)7(3,4)5;2*1-5-7(3,4)6-2;2*1-5-7(4)6(2)3;1-4-6-7(3)5-2;1-4-7(5-2)6-3/h2*6-7H,3-5H2,1-2H3;7H,2-6H2,1H3;6H,1-5H3;2*5-6H2,1-4H3;2*6-7H,5H2,1-4H3;2*7H,4-6H2,1-3H3/t2*6-,7?;;;;;;;;/m11......../s1. The Kier molecular flexibility index (Phi) is 64.6. The van der Waals surface area contributed by atoms with E-state index in [1.165, 1.54) is 148 Å². The third-order valence-electron chi connectivity index (χ3n) is 18.5. The summed E-state index contributed by atoms with van der Waals surface area (Å²) < 4.78 is 0. The van der Waals surface area contributed by atoms with E-state index in [9.17, 15) is 0 Å². The van der Waals surface area contributed by atoms with E-state index in [1.807, 2.05) is 0 Å². The molecule has 0 aromatic carbocycles. The van der Waals surface area contributed by atoms with Gasteiger partial charge in [-0.05, 0) is 93.7 Å². The highest BCUT2D eigenvalue weighted by Gasteiger charge is 2.18. The van der Waals surface area contributed by atoms with E-state index in [4.69, 9.17) is 0 Å². The van der Waals surface area contributed by atoms with E-state index in [1.54, 1.807) is 0 Å². The molecule has 0 heterocycles. The van der Waals surface area contributed by atoms with Crippen molar-refractivity contribution in [2.24, 2.45) is 87.3 Å². The van der Waals surface area contributed by atoms with E-state index in [-0.39, 0.29) is 0 Å². The Morgan fingerprint density at radius 2 is 0.686 bits per heavy atom. The molecule has 0 aromatic heterocycles. The molecule has 0 aliphatic heterocycles. The maximum Gasteiger partial charge on any atom is -0.0359 e. The number of rotatable bonds is 14. The van der Waals surface area contributed by atoms with E-state index in [0.29, 0.717) is 16.2 Å². The Labute approximate surface area is 454 Å². The smallest absolute Gasteiger partial charge is 0.0359 e. The summed E-state index contributed by atoms with van der Waals surface area (Å²) in [6.07, 6.45) is 32.2. The van der Waals surface area contributed by atoms with Crippen LogP contribution in [0.1, 0.15) is 369 Å². The van der Waals surface area contributed by atoms with Gasteiger partial charge < -0.3 is 0 Å². The molecule has 5 unspecified atom stereocenters. The third-order valence-corrected chi connectivity index (χ3v) is 18.5. The average molecular weight is 996 g/mol. The average Bonchev–Trinajstić information content (AvgIpc) is 3.90. The quantitative estimate of drug-likeness (QED) is 0.163. The SMILES string of the molecule is CC(C)C(C)(C)C.CC1CCCCC1.CC1CCC[C@H]1C.CC1CC[C@@H](C)C1.CCC(C)(C)CC.CCC(C)(C)CC.CCC(C)C(C)C.CCC(C)C(C)C.CCC(CC)CC.CCCC(C)CC. The van der Waals surface area contributed by atoms with Crippen LogP contribution in [0, 0.1) is 87.3 Å². The Morgan fingerprint density at radius 1 is 0.371 bits per heavy atom. The summed E-state index contributed by atoms with van der Waals surface area (Å²) in [5, 5.41) is 0. The fraction of sp³-hybridized carbons (Fsp3) is 1.00. The van der Waals surface area contributed by atoms with Crippen LogP contribution < -0.4 is 0 Å². The summed E-state index contributed by atoms with van der Waals surface area (Å²) in [6, 6.07) is 0. The number of hydrogen-bond acceptors (Lipinski definition) is 0. The van der Waals surface area contributed by atoms with Crippen molar-refractivity contribution in [3.8, 4) is 0 Å². The maximum atomic E-state index is 2.36. The lowest BCUT2D eigenvalue weighted by Crippen LogP contribution is -2.12. The lowest BCUT2D eigenvalue weighted by molar-refractivity contribution is 0.283. The Balaban J connectivity index is -0.000000126. The maximum absolute atomic E-state index is 2.36. The summed E-state index contributed by atoms with van der Waals surface area (Å²) in [7, 11) is 0. The van der Waals surface area contributed by atoms with Crippen molar-refractivity contribution in [1.29, 1.82) is 0 Å². The normalized spacial score (nSPS) is 20.1. The molecular formula is C70H154. The first-order valence-electron chi connectivity index (χ1n) is 32.2. The second kappa shape index (κ2) is 53.8. The molecule has 0 nitrogen and oxygen atoms in total. The third kappa shape index (κ3) is 66.0. The lowest BCUT2D eigenvalue weighted by Gasteiger charge is -2.22. The van der Waals surface area contributed by atoms with Gasteiger partial charge in [-0.15, -0.1) is 0 Å². The molecule has 7 atom stereocenters. The van der Waals surface area contributed by atoms with Crippen LogP contribution in [0.5, 0.6) is 0 Å². The highest BCUT2D eigenvalue weighted by molar-refractivity contribution is 4.70. The first-order chi connectivity index (χ1) is 32.2. The molecule has 0 bridgehead atoms. The molecule has 0 aromatic rings. The van der Waals surface area contributed by atoms with Crippen LogP contribution in [0.2, 0.25) is 0 Å². The van der Waals surface area contributed by atoms with Crippen LogP contribution in [0.4, 0.5) is 0 Å². The molecule has 3 fully saturated rings. The zero-order chi connectivity index (χ0) is 56.7. The van der Waals surface area contributed by atoms with Crippen LogP contribution in [0.3, 0.4) is 0 Å². The minimum atomic E-state index is 0.500. The Bertz CT molecular complexity index is 851. The van der Waals surface area contributed by atoms with Gasteiger partial charge in [-0.3, -0.25) is 0 Å². The van der Waals surface area contributed by atoms with Crippen LogP contribution in [0.15, 0.2) is 0 Å². The van der Waals surface area contributed by atoms with Crippen LogP contribution in [-0.4, -0.2) is 0 Å². The first-order valence-corrected chi connectivity index (χ1v) is 32.2. The van der Waals surface area contributed by atoms with Gasteiger partial charge in [-0.1, -0.05) is 363 Å². The molecule has 0 saturated heterocycles. The van der Waals surface area contributed by atoms with Gasteiger partial charge in [-0.2, -0.15) is 0 Å². The highest BCUT2D eigenvalue weighted by atomic mass is 14.2. The predicted molar refractivity (Wildman–Crippen MR) is 337 cm³/mol. The highest BCUT2D eigenvalue weighted by Crippen LogP contribution is 2.31. The zero-order valence-corrected chi connectivity index (χ0v) is 56.7. The minimum Gasteiger partial charge on any atom is -0.0654 e. The molecule has 0 N–H and O–H groups in total. The molecule has 0 radical (unpaired) electrons. The fourth-order valence-electron chi connectivity index (χ4n) is 7.13. The monoisotopic (exact) mass is 995 g/mol. The van der Waals surface area contributed by atoms with Crippen molar-refractivity contribution in [1.82, 2.24) is 0 Å². The van der Waals surface area contributed by atoms with Gasteiger partial charge in [0.2, 0.25) is 0 Å². The second-order valence-electron chi connectivity index (χ2n) is 27.6. The summed E-state index contributed by atoms with van der Waals surface area (Å²) in [6.45, 7) is 73.0. The largest absolute Gasteiger partial charge is 0.0654 e. The summed E-state index contributed by atoms with van der Waals surface area (Å²) in [5.74, 6) is 11.4. The van der Waals surface area contributed by atoms with Gasteiger partial charge in [0.15, 0.2) is 0 Å². The molecule has 3 aliphatic rings. The summed E-state index contributed by atoms with van der Waals surface area (Å²) in [4.78, 5) is 0. The van der Waals surface area contributed by atoms with Gasteiger partial charge in [0.05, 0.1) is 0 Å². The van der Waals surface area contributed by atoms with E-state index in [0.717, 1.165) is 71.0 Å². The topological polar surface area (TPSA) is 0 Å². The summed E-state index contributed by atoms with van der Waals surface area (Å²) in [5.41, 5.74) is 1.67. The fourth-order valence-corrected chi connectivity index (χ4v) is 7.13. The van der Waals surface area contributed by atoms with Crippen LogP contribution in [-0.2, 0) is 0 Å². The number of hydrogen-bond donors (Lipinski definition) is 0. The van der Waals surface area contributed by atoms with Gasteiger partial charge >= 0.3 is 0 Å². The predicted octanol–water partition coefficient (Wildman–Crippen LogP) is 26.9. The van der Waals surface area contributed by atoms with Gasteiger partial charge in [0.25, 0.3) is 0 Å². The summed E-state index contributed by atoms with van der Waals surface area (Å²) >= 11 is 0. The molecule has 3 rings (SSSR count). The molecule has 70 heavy (non-hydrogen) atoms. The van der Waals surface area contributed by atoms with E-state index < -0.39 is 0 Å². The molecule has 434 valence electrons. The van der Waals surface area contributed by atoms with E-state index >= 15 is 0 Å². The second-order valence-corrected chi connectivity index (χ2v) is 27.6. The minimum absolute atomic E-state index is 0.500. The molecule has 0 amide bonds. The Morgan fingerprint density at radius 3 is 0.757 bits per heavy atom. The lowest BCUT2D eigenvalue weighted by atomic mass is 9.84. The molecule has 3 aliphatic carbocycles. The van der Waals surface area contributed by atoms with Crippen molar-refractivity contribution in [2.45, 2.75) is 369 Å². The van der Waals surface area contributed by atoms with Crippen molar-refractivity contribution >= 4 is 0 Å². The van der Waals surface area contributed by atoms with Crippen molar-refractivity contribution in [2.75, 3.05) is 0 Å². The molecule has 3 saturated carbocycles. The Hall–Kier alpha value is 0. The van der Waals surface area contributed by atoms with E-state index in [2.05, 4.69) is 222 Å².